The fourth-order valence-electron chi connectivity index (χ4n) is 2.39. The molecule has 0 saturated carbocycles. The lowest BCUT2D eigenvalue weighted by atomic mass is 10.0. The van der Waals surface area contributed by atoms with Crippen LogP contribution in [0.5, 0.6) is 0 Å². The van der Waals surface area contributed by atoms with Gasteiger partial charge in [0.05, 0.1) is 18.6 Å². The molecule has 1 atom stereocenters. The SMILES string of the molecule is CC[C@@H](O)c1ccccc1N(CCC#N)c1ccccc1. The molecule has 3 nitrogen and oxygen atoms in total. The van der Waals surface area contributed by atoms with Crippen molar-refractivity contribution >= 4 is 11.4 Å². The van der Waals surface area contributed by atoms with Crippen LogP contribution in [0.3, 0.4) is 0 Å². The van der Waals surface area contributed by atoms with Crippen molar-refractivity contribution in [2.45, 2.75) is 25.9 Å². The topological polar surface area (TPSA) is 47.3 Å². The Bertz CT molecular complexity index is 604. The van der Waals surface area contributed by atoms with Gasteiger partial charge in [-0.1, -0.05) is 43.3 Å². The van der Waals surface area contributed by atoms with Crippen molar-refractivity contribution < 1.29 is 5.11 Å². The highest BCUT2D eigenvalue weighted by Crippen LogP contribution is 2.33. The van der Waals surface area contributed by atoms with E-state index in [1.165, 1.54) is 0 Å². The standard InChI is InChI=1S/C18H20N2O/c1-2-18(21)16-11-6-7-12-17(16)20(14-8-13-19)15-9-4-3-5-10-15/h3-7,9-12,18,21H,2,8,14H2,1H3/t18-/m1/s1. The van der Waals surface area contributed by atoms with Crippen LogP contribution < -0.4 is 4.90 Å². The van der Waals surface area contributed by atoms with E-state index >= 15 is 0 Å². The molecule has 2 aromatic carbocycles. The van der Waals surface area contributed by atoms with Gasteiger partial charge < -0.3 is 10.0 Å². The van der Waals surface area contributed by atoms with Crippen LogP contribution in [0.2, 0.25) is 0 Å². The predicted octanol–water partition coefficient (Wildman–Crippen LogP) is 4.18. The van der Waals surface area contributed by atoms with Crippen LogP contribution in [0.1, 0.15) is 31.4 Å². The summed E-state index contributed by atoms with van der Waals surface area (Å²) in [6.07, 6.45) is 0.609. The van der Waals surface area contributed by atoms with E-state index in [-0.39, 0.29) is 0 Å². The fourth-order valence-corrected chi connectivity index (χ4v) is 2.39. The summed E-state index contributed by atoms with van der Waals surface area (Å²) in [5.74, 6) is 0. The van der Waals surface area contributed by atoms with Crippen LogP contribution in [0, 0.1) is 11.3 Å². The average Bonchev–Trinajstić information content (AvgIpc) is 2.56. The Labute approximate surface area is 126 Å². The van der Waals surface area contributed by atoms with Gasteiger partial charge in [-0.25, -0.2) is 0 Å². The van der Waals surface area contributed by atoms with Crippen molar-refractivity contribution in [2.24, 2.45) is 0 Å². The van der Waals surface area contributed by atoms with E-state index in [1.807, 2.05) is 61.5 Å². The monoisotopic (exact) mass is 280 g/mol. The molecular weight excluding hydrogens is 260 g/mol. The average molecular weight is 280 g/mol. The molecule has 0 fully saturated rings. The van der Waals surface area contributed by atoms with Gasteiger partial charge >= 0.3 is 0 Å². The molecule has 0 unspecified atom stereocenters. The maximum atomic E-state index is 10.2. The molecule has 3 heteroatoms. The summed E-state index contributed by atoms with van der Waals surface area (Å²) in [7, 11) is 0. The first-order chi connectivity index (χ1) is 10.3. The van der Waals surface area contributed by atoms with Crippen LogP contribution in [0.15, 0.2) is 54.6 Å². The van der Waals surface area contributed by atoms with Gasteiger partial charge in [-0.15, -0.1) is 0 Å². The number of hydrogen-bond acceptors (Lipinski definition) is 3. The lowest BCUT2D eigenvalue weighted by molar-refractivity contribution is 0.174. The van der Waals surface area contributed by atoms with Crippen LogP contribution in [0.25, 0.3) is 0 Å². The molecule has 108 valence electrons. The summed E-state index contributed by atoms with van der Waals surface area (Å²) < 4.78 is 0. The summed E-state index contributed by atoms with van der Waals surface area (Å²) in [6.45, 7) is 2.57. The van der Waals surface area contributed by atoms with Crippen LogP contribution in [-0.4, -0.2) is 11.7 Å². The van der Waals surface area contributed by atoms with Crippen LogP contribution in [0.4, 0.5) is 11.4 Å². The van der Waals surface area contributed by atoms with Gasteiger partial charge in [-0.2, -0.15) is 5.26 Å². The number of nitriles is 1. The molecule has 0 aliphatic heterocycles. The van der Waals surface area contributed by atoms with Crippen molar-refractivity contribution in [1.82, 2.24) is 0 Å². The molecule has 0 heterocycles. The van der Waals surface area contributed by atoms with Gasteiger partial charge in [0.15, 0.2) is 0 Å². The Morgan fingerprint density at radius 1 is 1.10 bits per heavy atom. The molecule has 0 aliphatic rings. The quantitative estimate of drug-likeness (QED) is 0.863. The van der Waals surface area contributed by atoms with Crippen molar-refractivity contribution in [3.8, 4) is 6.07 Å². The van der Waals surface area contributed by atoms with E-state index in [9.17, 15) is 5.11 Å². The minimum absolute atomic E-state index is 0.436. The maximum Gasteiger partial charge on any atom is 0.0807 e. The van der Waals surface area contributed by atoms with E-state index in [0.717, 1.165) is 16.9 Å². The largest absolute Gasteiger partial charge is 0.388 e. The van der Waals surface area contributed by atoms with E-state index in [0.29, 0.717) is 19.4 Å². The van der Waals surface area contributed by atoms with Crippen molar-refractivity contribution in [3.63, 3.8) is 0 Å². The summed E-state index contributed by atoms with van der Waals surface area (Å²) >= 11 is 0. The van der Waals surface area contributed by atoms with Crippen LogP contribution >= 0.6 is 0 Å². The van der Waals surface area contributed by atoms with E-state index in [2.05, 4.69) is 11.0 Å². The molecule has 1 N–H and O–H groups in total. The first kappa shape index (κ1) is 15.1. The number of rotatable bonds is 6. The number of aliphatic hydroxyl groups excluding tert-OH is 1. The normalized spacial score (nSPS) is 11.7. The van der Waals surface area contributed by atoms with E-state index in [4.69, 9.17) is 5.26 Å². The first-order valence-corrected chi connectivity index (χ1v) is 7.24. The van der Waals surface area contributed by atoms with E-state index in [1.54, 1.807) is 0 Å². The van der Waals surface area contributed by atoms with Gasteiger partial charge in [0, 0.05) is 23.5 Å². The predicted molar refractivity (Wildman–Crippen MR) is 85.4 cm³/mol. The molecule has 0 aromatic heterocycles. The second-order valence-corrected chi connectivity index (χ2v) is 4.88. The Morgan fingerprint density at radius 2 is 1.76 bits per heavy atom. The number of nitrogens with zero attached hydrogens (tertiary/aromatic N) is 2. The fraction of sp³-hybridized carbons (Fsp3) is 0.278. The summed E-state index contributed by atoms with van der Waals surface area (Å²) in [5, 5.41) is 19.1. The second-order valence-electron chi connectivity index (χ2n) is 4.88. The Balaban J connectivity index is 2.45. The Kier molecular flexibility index (Phi) is 5.36. The smallest absolute Gasteiger partial charge is 0.0807 e. The number of para-hydroxylation sites is 2. The summed E-state index contributed by atoms with van der Waals surface area (Å²) in [5.41, 5.74) is 2.90. The third kappa shape index (κ3) is 3.62. The highest BCUT2D eigenvalue weighted by Gasteiger charge is 2.16. The maximum absolute atomic E-state index is 10.2. The van der Waals surface area contributed by atoms with Gasteiger partial charge in [-0.3, -0.25) is 0 Å². The van der Waals surface area contributed by atoms with Crippen LogP contribution in [-0.2, 0) is 0 Å². The Hall–Kier alpha value is -2.31. The lowest BCUT2D eigenvalue weighted by Crippen LogP contribution is -2.20. The highest BCUT2D eigenvalue weighted by molar-refractivity contribution is 5.67. The van der Waals surface area contributed by atoms with Crippen molar-refractivity contribution in [2.75, 3.05) is 11.4 Å². The zero-order valence-corrected chi connectivity index (χ0v) is 12.2. The Morgan fingerprint density at radius 3 is 2.43 bits per heavy atom. The third-order valence-electron chi connectivity index (χ3n) is 3.49. The van der Waals surface area contributed by atoms with Gasteiger partial charge in [-0.05, 0) is 24.6 Å². The number of benzene rings is 2. The molecule has 0 amide bonds. The molecule has 0 bridgehead atoms. The molecule has 0 aliphatic carbocycles. The number of aliphatic hydroxyl groups is 1. The minimum Gasteiger partial charge on any atom is -0.388 e. The molecule has 2 rings (SSSR count). The summed E-state index contributed by atoms with van der Waals surface area (Å²) in [4.78, 5) is 2.09. The lowest BCUT2D eigenvalue weighted by Gasteiger charge is -2.27. The second kappa shape index (κ2) is 7.47. The van der Waals surface area contributed by atoms with Gasteiger partial charge in [0.2, 0.25) is 0 Å². The summed E-state index contributed by atoms with van der Waals surface area (Å²) in [6, 6.07) is 20.0. The molecule has 0 spiro atoms. The molecule has 21 heavy (non-hydrogen) atoms. The first-order valence-electron chi connectivity index (χ1n) is 7.24. The zero-order chi connectivity index (χ0) is 15.1. The number of anilines is 2. The molecular formula is C18H20N2O. The third-order valence-corrected chi connectivity index (χ3v) is 3.49. The van der Waals surface area contributed by atoms with Gasteiger partial charge in [0.1, 0.15) is 0 Å². The zero-order valence-electron chi connectivity index (χ0n) is 12.2. The van der Waals surface area contributed by atoms with Crippen molar-refractivity contribution in [1.29, 1.82) is 5.26 Å². The molecule has 0 radical (unpaired) electrons. The van der Waals surface area contributed by atoms with Crippen molar-refractivity contribution in [3.05, 3.63) is 60.2 Å². The van der Waals surface area contributed by atoms with Gasteiger partial charge in [0.25, 0.3) is 0 Å². The van der Waals surface area contributed by atoms with E-state index < -0.39 is 6.10 Å². The molecule has 0 saturated heterocycles. The highest BCUT2D eigenvalue weighted by atomic mass is 16.3. The minimum atomic E-state index is -0.491. The number of hydrogen-bond donors (Lipinski definition) is 1. The molecule has 2 aromatic rings.